The number of hydrogen-bond donors (Lipinski definition) is 2. The van der Waals surface area contributed by atoms with Crippen LogP contribution in [0.1, 0.15) is 31.4 Å². The van der Waals surface area contributed by atoms with E-state index in [-0.39, 0.29) is 11.5 Å². The van der Waals surface area contributed by atoms with Gasteiger partial charge in [-0.25, -0.2) is 9.78 Å². The number of nitrogens with two attached hydrogens (primary N) is 1. The number of nitrogens with zero attached hydrogens (tertiary/aromatic N) is 2. The minimum absolute atomic E-state index is 0.173. The number of aromatic nitrogens is 1. The molecule has 7 heteroatoms. The molecule has 1 aliphatic rings. The fraction of sp³-hybridized carbons (Fsp3) is 0.214. The van der Waals surface area contributed by atoms with Crippen molar-refractivity contribution in [2.24, 2.45) is 5.73 Å². The highest BCUT2D eigenvalue weighted by Crippen LogP contribution is 2.30. The van der Waals surface area contributed by atoms with Crippen LogP contribution in [0.2, 0.25) is 0 Å². The third-order valence-corrected chi connectivity index (χ3v) is 4.28. The van der Waals surface area contributed by atoms with Gasteiger partial charge in [-0.1, -0.05) is 0 Å². The lowest BCUT2D eigenvalue weighted by atomic mass is 10.1. The van der Waals surface area contributed by atoms with Crippen molar-refractivity contribution >= 4 is 28.9 Å². The summed E-state index contributed by atoms with van der Waals surface area (Å²) in [6, 6.07) is 4.82. The van der Waals surface area contributed by atoms with E-state index >= 15 is 0 Å². The second-order valence-electron chi connectivity index (χ2n) is 4.69. The van der Waals surface area contributed by atoms with Crippen LogP contribution in [-0.2, 0) is 13.0 Å². The molecule has 0 saturated heterocycles. The number of carboxylic acid groups (broad SMARTS) is 1. The van der Waals surface area contributed by atoms with Crippen LogP contribution in [0.5, 0.6) is 0 Å². The Balaban J connectivity index is 1.90. The van der Waals surface area contributed by atoms with E-state index in [1.165, 1.54) is 17.4 Å². The van der Waals surface area contributed by atoms with Gasteiger partial charge in [0.1, 0.15) is 10.7 Å². The van der Waals surface area contributed by atoms with Gasteiger partial charge in [0.15, 0.2) is 0 Å². The molecule has 1 aromatic carbocycles. The van der Waals surface area contributed by atoms with Gasteiger partial charge in [-0.3, -0.25) is 4.79 Å². The van der Waals surface area contributed by atoms with Crippen LogP contribution in [0.3, 0.4) is 0 Å². The predicted octanol–water partition coefficient (Wildman–Crippen LogP) is 1.50. The number of rotatable bonds is 3. The van der Waals surface area contributed by atoms with Gasteiger partial charge in [-0.15, -0.1) is 11.3 Å². The summed E-state index contributed by atoms with van der Waals surface area (Å²) in [5.74, 6) is -1.14. The molecule has 3 rings (SSSR count). The Morgan fingerprint density at radius 2 is 2.24 bits per heavy atom. The first-order valence-electron chi connectivity index (χ1n) is 6.42. The maximum Gasteiger partial charge on any atom is 0.335 e. The van der Waals surface area contributed by atoms with E-state index in [2.05, 4.69) is 4.98 Å². The summed E-state index contributed by atoms with van der Waals surface area (Å²) in [6.07, 6.45) is 0.649. The Kier molecular flexibility index (Phi) is 3.44. The second kappa shape index (κ2) is 5.27. The van der Waals surface area contributed by atoms with Crippen LogP contribution in [-0.4, -0.2) is 28.5 Å². The normalized spacial score (nSPS) is 13.3. The number of carbonyl (C=O) groups is 2. The van der Waals surface area contributed by atoms with E-state index in [4.69, 9.17) is 10.8 Å². The molecule has 2 heterocycles. The van der Waals surface area contributed by atoms with Crippen molar-refractivity contribution in [2.75, 3.05) is 11.4 Å². The van der Waals surface area contributed by atoms with Crippen LogP contribution in [0.15, 0.2) is 23.6 Å². The van der Waals surface area contributed by atoms with Gasteiger partial charge in [0.05, 0.1) is 5.56 Å². The first-order chi connectivity index (χ1) is 10.1. The molecule has 1 aromatic heterocycles. The molecule has 0 spiro atoms. The number of anilines is 1. The van der Waals surface area contributed by atoms with E-state index < -0.39 is 5.97 Å². The second-order valence-corrected chi connectivity index (χ2v) is 5.63. The third kappa shape index (κ3) is 2.41. The maximum absolute atomic E-state index is 12.5. The van der Waals surface area contributed by atoms with Crippen LogP contribution in [0.25, 0.3) is 0 Å². The highest BCUT2D eigenvalue weighted by Gasteiger charge is 2.27. The van der Waals surface area contributed by atoms with Crippen molar-refractivity contribution in [1.82, 2.24) is 4.98 Å². The Morgan fingerprint density at radius 1 is 1.43 bits per heavy atom. The third-order valence-electron chi connectivity index (χ3n) is 3.41. The topological polar surface area (TPSA) is 96.5 Å². The average molecular weight is 303 g/mol. The molecule has 1 amide bonds. The molecule has 0 unspecified atom stereocenters. The van der Waals surface area contributed by atoms with Crippen LogP contribution in [0.4, 0.5) is 5.69 Å². The van der Waals surface area contributed by atoms with Crippen molar-refractivity contribution < 1.29 is 14.7 Å². The molecule has 0 saturated carbocycles. The lowest BCUT2D eigenvalue weighted by Gasteiger charge is -2.16. The SMILES string of the molecule is NCc1nc(C(=O)N2CCc3cc(C(=O)O)ccc32)cs1. The van der Waals surface area contributed by atoms with Crippen molar-refractivity contribution in [1.29, 1.82) is 0 Å². The maximum atomic E-state index is 12.5. The van der Waals surface area contributed by atoms with Crippen molar-refractivity contribution in [3.63, 3.8) is 0 Å². The number of benzene rings is 1. The number of carboxylic acids is 1. The molecule has 0 atom stereocenters. The lowest BCUT2D eigenvalue weighted by Crippen LogP contribution is -2.29. The highest BCUT2D eigenvalue weighted by atomic mass is 32.1. The number of thiazole rings is 1. The van der Waals surface area contributed by atoms with Gasteiger partial charge in [-0.05, 0) is 30.2 Å². The van der Waals surface area contributed by atoms with E-state index in [1.54, 1.807) is 22.4 Å². The fourth-order valence-corrected chi connectivity index (χ4v) is 3.04. The van der Waals surface area contributed by atoms with Gasteiger partial charge < -0.3 is 15.7 Å². The van der Waals surface area contributed by atoms with Gasteiger partial charge in [0, 0.05) is 24.2 Å². The van der Waals surface area contributed by atoms with E-state index in [0.29, 0.717) is 25.2 Å². The first-order valence-corrected chi connectivity index (χ1v) is 7.30. The number of carbonyl (C=O) groups excluding carboxylic acids is 1. The molecule has 1 aliphatic heterocycles. The predicted molar refractivity (Wildman–Crippen MR) is 78.8 cm³/mol. The van der Waals surface area contributed by atoms with Gasteiger partial charge in [0.2, 0.25) is 0 Å². The van der Waals surface area contributed by atoms with E-state index in [9.17, 15) is 9.59 Å². The zero-order valence-electron chi connectivity index (χ0n) is 11.1. The minimum Gasteiger partial charge on any atom is -0.478 e. The molecule has 0 fully saturated rings. The largest absolute Gasteiger partial charge is 0.478 e. The molecule has 3 N–H and O–H groups in total. The molecular weight excluding hydrogens is 290 g/mol. The number of hydrogen-bond acceptors (Lipinski definition) is 5. The van der Waals surface area contributed by atoms with Crippen molar-refractivity contribution in [3.8, 4) is 0 Å². The summed E-state index contributed by atoms with van der Waals surface area (Å²) in [7, 11) is 0. The molecule has 6 nitrogen and oxygen atoms in total. The lowest BCUT2D eigenvalue weighted by molar-refractivity contribution is 0.0696. The number of fused-ring (bicyclic) bond motifs is 1. The Labute approximate surface area is 124 Å². The van der Waals surface area contributed by atoms with Crippen LogP contribution < -0.4 is 10.6 Å². The Morgan fingerprint density at radius 3 is 2.90 bits per heavy atom. The van der Waals surface area contributed by atoms with Crippen LogP contribution in [0, 0.1) is 0 Å². The number of amides is 1. The fourth-order valence-electron chi connectivity index (χ4n) is 2.39. The number of aromatic carboxylic acids is 1. The van der Waals surface area contributed by atoms with E-state index in [0.717, 1.165) is 16.3 Å². The zero-order valence-corrected chi connectivity index (χ0v) is 11.9. The minimum atomic E-state index is -0.963. The standard InChI is InChI=1S/C14H13N3O3S/c15-6-12-16-10(7-21-12)13(18)17-4-3-8-5-9(14(19)20)1-2-11(8)17/h1-2,5,7H,3-4,6,15H2,(H,19,20). The molecule has 2 aromatic rings. The monoisotopic (exact) mass is 303 g/mol. The molecule has 108 valence electrons. The van der Waals surface area contributed by atoms with Gasteiger partial charge >= 0.3 is 5.97 Å². The van der Waals surface area contributed by atoms with E-state index in [1.807, 2.05) is 0 Å². The Hall–Kier alpha value is -2.25. The Bertz CT molecular complexity index is 726. The molecule has 0 aliphatic carbocycles. The van der Waals surface area contributed by atoms with Gasteiger partial charge in [-0.2, -0.15) is 0 Å². The van der Waals surface area contributed by atoms with Crippen molar-refractivity contribution in [3.05, 3.63) is 45.4 Å². The van der Waals surface area contributed by atoms with Crippen LogP contribution >= 0.6 is 11.3 Å². The summed E-state index contributed by atoms with van der Waals surface area (Å²) < 4.78 is 0. The average Bonchev–Trinajstić information content (AvgIpc) is 3.12. The smallest absolute Gasteiger partial charge is 0.335 e. The quantitative estimate of drug-likeness (QED) is 0.895. The molecule has 0 radical (unpaired) electrons. The summed E-state index contributed by atoms with van der Waals surface area (Å²) in [5.41, 5.74) is 7.76. The molecular formula is C14H13N3O3S. The highest BCUT2D eigenvalue weighted by molar-refractivity contribution is 7.09. The summed E-state index contributed by atoms with van der Waals surface area (Å²) in [6.45, 7) is 0.850. The summed E-state index contributed by atoms with van der Waals surface area (Å²) in [5, 5.41) is 11.4. The molecule has 0 bridgehead atoms. The zero-order chi connectivity index (χ0) is 15.0. The summed E-state index contributed by atoms with van der Waals surface area (Å²) in [4.78, 5) is 29.3. The summed E-state index contributed by atoms with van der Waals surface area (Å²) >= 11 is 1.36. The van der Waals surface area contributed by atoms with Crippen molar-refractivity contribution in [2.45, 2.75) is 13.0 Å². The first kappa shape index (κ1) is 13.7. The van der Waals surface area contributed by atoms with Gasteiger partial charge in [0.25, 0.3) is 5.91 Å². The molecule has 21 heavy (non-hydrogen) atoms.